The van der Waals surface area contributed by atoms with Crippen molar-refractivity contribution >= 4 is 5.91 Å². The minimum atomic E-state index is -0.0730. The molecule has 1 aromatic heterocycles. The van der Waals surface area contributed by atoms with Gasteiger partial charge in [0.05, 0.1) is 17.8 Å². The molecule has 1 aromatic rings. The van der Waals surface area contributed by atoms with E-state index in [4.69, 9.17) is 9.15 Å². The van der Waals surface area contributed by atoms with Crippen molar-refractivity contribution in [1.82, 2.24) is 15.2 Å². The lowest BCUT2D eigenvalue weighted by Gasteiger charge is -2.40. The Kier molecular flexibility index (Phi) is 3.75. The van der Waals surface area contributed by atoms with Crippen LogP contribution in [0, 0.1) is 0 Å². The molecule has 0 aliphatic carbocycles. The predicted octanol–water partition coefficient (Wildman–Crippen LogP) is 1.06. The lowest BCUT2D eigenvalue weighted by Crippen LogP contribution is -2.60. The molecule has 2 atom stereocenters. The summed E-state index contributed by atoms with van der Waals surface area (Å²) in [5.41, 5.74) is 0.873. The van der Waals surface area contributed by atoms with Gasteiger partial charge in [-0.2, -0.15) is 0 Å². The van der Waals surface area contributed by atoms with E-state index in [0.29, 0.717) is 0 Å². The Bertz CT molecular complexity index is 520. The highest BCUT2D eigenvalue weighted by Crippen LogP contribution is 2.23. The van der Waals surface area contributed by atoms with E-state index < -0.39 is 0 Å². The Labute approximate surface area is 124 Å². The van der Waals surface area contributed by atoms with Gasteiger partial charge < -0.3 is 14.5 Å². The molecule has 2 fully saturated rings. The number of morpholine rings is 1. The van der Waals surface area contributed by atoms with Crippen LogP contribution < -0.4 is 5.32 Å². The predicted molar refractivity (Wildman–Crippen MR) is 76.8 cm³/mol. The van der Waals surface area contributed by atoms with Crippen LogP contribution in [-0.2, 0) is 21.5 Å². The molecule has 1 amide bonds. The van der Waals surface area contributed by atoms with Crippen LogP contribution in [0.3, 0.4) is 0 Å². The Morgan fingerprint density at radius 3 is 3.00 bits per heavy atom. The van der Waals surface area contributed by atoms with E-state index in [1.807, 2.05) is 0 Å². The fourth-order valence-electron chi connectivity index (χ4n) is 2.86. The number of amides is 1. The van der Waals surface area contributed by atoms with E-state index in [1.165, 1.54) is 0 Å². The van der Waals surface area contributed by atoms with Gasteiger partial charge in [0.25, 0.3) is 0 Å². The monoisotopic (exact) mass is 293 g/mol. The zero-order chi connectivity index (χ0) is 15.0. The molecule has 0 saturated carbocycles. The molecule has 6 nitrogen and oxygen atoms in total. The molecule has 0 aromatic carbocycles. The minimum absolute atomic E-state index is 0.0189. The Balaban J connectivity index is 1.61. The smallest absolute Gasteiger partial charge is 0.246 e. The first-order valence-corrected chi connectivity index (χ1v) is 7.50. The third kappa shape index (κ3) is 3.27. The van der Waals surface area contributed by atoms with Gasteiger partial charge in [-0.15, -0.1) is 0 Å². The fraction of sp³-hybridized carbons (Fsp3) is 0.733. The molecule has 21 heavy (non-hydrogen) atoms. The number of rotatable bonds is 2. The zero-order valence-electron chi connectivity index (χ0n) is 12.9. The van der Waals surface area contributed by atoms with Crippen LogP contribution in [0.5, 0.6) is 0 Å². The first-order valence-electron chi connectivity index (χ1n) is 7.50. The third-order valence-electron chi connectivity index (χ3n) is 3.99. The fourth-order valence-corrected chi connectivity index (χ4v) is 2.86. The molecule has 1 N–H and O–H groups in total. The van der Waals surface area contributed by atoms with Gasteiger partial charge in [0.2, 0.25) is 5.91 Å². The minimum Gasteiger partial charge on any atom is -0.448 e. The summed E-state index contributed by atoms with van der Waals surface area (Å²) in [7, 11) is 0. The maximum atomic E-state index is 11.4. The van der Waals surface area contributed by atoms with Crippen molar-refractivity contribution in [3.05, 3.63) is 17.8 Å². The molecule has 3 rings (SSSR count). The summed E-state index contributed by atoms with van der Waals surface area (Å²) in [5, 5.41) is 3.01. The molecule has 2 saturated heterocycles. The Hall–Kier alpha value is -1.40. The number of aromatic nitrogens is 1. The van der Waals surface area contributed by atoms with Crippen LogP contribution in [-0.4, -0.2) is 47.6 Å². The standard InChI is InChI=1S/C15H23N3O3/c1-15(2,3)14-16-10(8-21-14)6-18-5-4-12-11(7-18)17-13(19)9-20-12/h8,11-12H,4-7,9H2,1-3H3,(H,17,19)/t11-,12-/m0/s1. The second-order valence-corrected chi connectivity index (χ2v) is 6.94. The number of nitrogens with one attached hydrogen (secondary N) is 1. The van der Waals surface area contributed by atoms with Crippen LogP contribution in [0.4, 0.5) is 0 Å². The number of carbonyl (C=O) groups is 1. The summed E-state index contributed by atoms with van der Waals surface area (Å²) in [4.78, 5) is 18.3. The zero-order valence-corrected chi connectivity index (χ0v) is 12.9. The number of oxazole rings is 1. The quantitative estimate of drug-likeness (QED) is 0.883. The van der Waals surface area contributed by atoms with E-state index in [1.54, 1.807) is 6.26 Å². The van der Waals surface area contributed by atoms with Crippen molar-refractivity contribution in [3.63, 3.8) is 0 Å². The van der Waals surface area contributed by atoms with Crippen molar-refractivity contribution in [2.45, 2.75) is 51.3 Å². The molecular formula is C15H23N3O3. The Morgan fingerprint density at radius 1 is 1.48 bits per heavy atom. The molecule has 0 radical (unpaired) electrons. The molecule has 0 unspecified atom stereocenters. The summed E-state index contributed by atoms with van der Waals surface area (Å²) >= 11 is 0. The number of fused-ring (bicyclic) bond motifs is 1. The van der Waals surface area contributed by atoms with E-state index in [-0.39, 0.29) is 30.1 Å². The van der Waals surface area contributed by atoms with Crippen LogP contribution in [0.15, 0.2) is 10.7 Å². The number of likely N-dealkylation sites (tertiary alicyclic amines) is 1. The van der Waals surface area contributed by atoms with E-state index >= 15 is 0 Å². The molecule has 3 heterocycles. The number of hydrogen-bond acceptors (Lipinski definition) is 5. The van der Waals surface area contributed by atoms with Crippen molar-refractivity contribution in [3.8, 4) is 0 Å². The molecule has 116 valence electrons. The summed E-state index contributed by atoms with van der Waals surface area (Å²) in [6.45, 7) is 8.95. The van der Waals surface area contributed by atoms with Gasteiger partial charge in [-0.1, -0.05) is 20.8 Å². The average molecular weight is 293 g/mol. The van der Waals surface area contributed by atoms with Crippen molar-refractivity contribution in [2.24, 2.45) is 0 Å². The summed E-state index contributed by atoms with van der Waals surface area (Å²) in [6.07, 6.45) is 2.83. The Morgan fingerprint density at radius 2 is 2.29 bits per heavy atom. The van der Waals surface area contributed by atoms with E-state index in [0.717, 1.165) is 37.6 Å². The molecule has 2 aliphatic rings. The van der Waals surface area contributed by atoms with Gasteiger partial charge in [-0.05, 0) is 6.42 Å². The number of piperidine rings is 1. The van der Waals surface area contributed by atoms with Gasteiger partial charge in [0, 0.05) is 25.0 Å². The summed E-state index contributed by atoms with van der Waals surface area (Å²) in [6, 6.07) is 0.0917. The number of ether oxygens (including phenoxy) is 1. The molecule has 2 aliphatic heterocycles. The van der Waals surface area contributed by atoms with Crippen LogP contribution in [0.1, 0.15) is 38.8 Å². The molecular weight excluding hydrogens is 270 g/mol. The summed E-state index contributed by atoms with van der Waals surface area (Å²) in [5.74, 6) is 0.747. The van der Waals surface area contributed by atoms with Crippen LogP contribution >= 0.6 is 0 Å². The average Bonchev–Trinajstić information content (AvgIpc) is 2.86. The maximum Gasteiger partial charge on any atom is 0.246 e. The van der Waals surface area contributed by atoms with Gasteiger partial charge in [-0.25, -0.2) is 4.98 Å². The maximum absolute atomic E-state index is 11.4. The number of carbonyl (C=O) groups excluding carboxylic acids is 1. The van der Waals surface area contributed by atoms with E-state index in [9.17, 15) is 4.79 Å². The number of hydrogen-bond donors (Lipinski definition) is 1. The van der Waals surface area contributed by atoms with Crippen molar-refractivity contribution in [2.75, 3.05) is 19.7 Å². The summed E-state index contributed by atoms with van der Waals surface area (Å²) < 4.78 is 11.1. The second-order valence-electron chi connectivity index (χ2n) is 6.94. The molecule has 0 bridgehead atoms. The van der Waals surface area contributed by atoms with Gasteiger partial charge >= 0.3 is 0 Å². The van der Waals surface area contributed by atoms with Gasteiger partial charge in [0.1, 0.15) is 12.9 Å². The third-order valence-corrected chi connectivity index (χ3v) is 3.99. The van der Waals surface area contributed by atoms with Gasteiger partial charge in [-0.3, -0.25) is 9.69 Å². The highest BCUT2D eigenvalue weighted by molar-refractivity contribution is 5.78. The first-order chi connectivity index (χ1) is 9.91. The SMILES string of the molecule is CC(C)(C)c1nc(CN2CC[C@@H]3OCC(=O)N[C@H]3C2)co1. The largest absolute Gasteiger partial charge is 0.448 e. The normalized spacial score (nSPS) is 27.3. The highest BCUT2D eigenvalue weighted by Gasteiger charge is 2.35. The van der Waals surface area contributed by atoms with Crippen molar-refractivity contribution < 1.29 is 13.9 Å². The van der Waals surface area contributed by atoms with Crippen LogP contribution in [0.2, 0.25) is 0 Å². The topological polar surface area (TPSA) is 67.6 Å². The first kappa shape index (κ1) is 14.5. The van der Waals surface area contributed by atoms with Crippen molar-refractivity contribution in [1.29, 1.82) is 0 Å². The lowest BCUT2D eigenvalue weighted by atomic mass is 9.97. The molecule has 0 spiro atoms. The second kappa shape index (κ2) is 5.42. The van der Waals surface area contributed by atoms with Crippen LogP contribution in [0.25, 0.3) is 0 Å². The molecule has 6 heteroatoms. The highest BCUT2D eigenvalue weighted by atomic mass is 16.5. The lowest BCUT2D eigenvalue weighted by molar-refractivity contribution is -0.140. The van der Waals surface area contributed by atoms with E-state index in [2.05, 4.69) is 36.0 Å². The number of nitrogens with zero attached hydrogens (tertiary/aromatic N) is 2. The van der Waals surface area contributed by atoms with Gasteiger partial charge in [0.15, 0.2) is 5.89 Å².